The number of nitrogens with zero attached hydrogens (tertiary/aromatic N) is 1. The summed E-state index contributed by atoms with van der Waals surface area (Å²) in [5, 5.41) is 24.2. The highest BCUT2D eigenvalue weighted by molar-refractivity contribution is 7.90. The average molecular weight is 264 g/mol. The van der Waals surface area contributed by atoms with Crippen LogP contribution in [0.1, 0.15) is 19.8 Å². The molecule has 0 rings (SSSR count). The summed E-state index contributed by atoms with van der Waals surface area (Å²) >= 11 is 0. The molecule has 8 nitrogen and oxygen atoms in total. The van der Waals surface area contributed by atoms with Gasteiger partial charge in [-0.05, 0) is 6.42 Å². The van der Waals surface area contributed by atoms with Gasteiger partial charge in [0.15, 0.2) is 5.25 Å². The number of carbonyl (C=O) groups is 2. The number of nitriles is 1. The second-order valence-corrected chi connectivity index (χ2v) is 5.07. The molecule has 0 bridgehead atoms. The molecule has 0 saturated heterocycles. The molecule has 0 fully saturated rings. The quantitative estimate of drug-likeness (QED) is 0.542. The molecule has 0 spiro atoms. The number of sulfonamides is 1. The first kappa shape index (κ1) is 15.3. The van der Waals surface area contributed by atoms with Crippen molar-refractivity contribution >= 4 is 22.0 Å². The Bertz CT molecular complexity index is 437. The predicted octanol–water partition coefficient (Wildman–Crippen LogP) is -0.864. The minimum absolute atomic E-state index is 0.0226. The van der Waals surface area contributed by atoms with Gasteiger partial charge in [0.1, 0.15) is 6.04 Å². The van der Waals surface area contributed by atoms with E-state index < -0.39 is 39.7 Å². The molecule has 0 radical (unpaired) electrons. The molecule has 17 heavy (non-hydrogen) atoms. The predicted molar refractivity (Wildman–Crippen MR) is 55.4 cm³/mol. The van der Waals surface area contributed by atoms with E-state index >= 15 is 0 Å². The molecule has 0 aromatic rings. The SMILES string of the molecule is CCC(C#N)S(=O)(=O)N[C@H](CC(=O)O)C(=O)O. The molecule has 0 aliphatic heterocycles. The van der Waals surface area contributed by atoms with Crippen molar-refractivity contribution in [2.45, 2.75) is 31.1 Å². The first-order valence-corrected chi connectivity index (χ1v) is 6.14. The molecule has 9 heteroatoms. The standard InChI is InChI=1S/C8H12N2O6S/c1-2-5(4-9)17(15,16)10-6(8(13)14)3-7(11)12/h5-6,10H,2-3H2,1H3,(H,11,12)(H,13,14)/t5?,6-/m1/s1. The number of carboxylic acids is 2. The van der Waals surface area contributed by atoms with Crippen LogP contribution in [0.2, 0.25) is 0 Å². The third kappa shape index (κ3) is 4.80. The molecule has 0 saturated carbocycles. The van der Waals surface area contributed by atoms with Gasteiger partial charge in [-0.2, -0.15) is 9.98 Å². The number of hydrogen-bond donors (Lipinski definition) is 3. The zero-order valence-corrected chi connectivity index (χ0v) is 9.77. The van der Waals surface area contributed by atoms with Crippen molar-refractivity contribution in [1.29, 1.82) is 5.26 Å². The van der Waals surface area contributed by atoms with Gasteiger partial charge in [-0.3, -0.25) is 9.59 Å². The zero-order chi connectivity index (χ0) is 13.6. The van der Waals surface area contributed by atoms with E-state index in [1.807, 2.05) is 0 Å². The van der Waals surface area contributed by atoms with E-state index in [-0.39, 0.29) is 6.42 Å². The molecular formula is C8H12N2O6S. The fourth-order valence-corrected chi connectivity index (χ4v) is 2.34. The summed E-state index contributed by atoms with van der Waals surface area (Å²) < 4.78 is 24.7. The van der Waals surface area contributed by atoms with Gasteiger partial charge in [0.05, 0.1) is 12.5 Å². The second-order valence-electron chi connectivity index (χ2n) is 3.18. The lowest BCUT2D eigenvalue weighted by molar-refractivity contribution is -0.145. The van der Waals surface area contributed by atoms with E-state index in [1.54, 1.807) is 4.72 Å². The van der Waals surface area contributed by atoms with E-state index in [4.69, 9.17) is 15.5 Å². The van der Waals surface area contributed by atoms with Gasteiger partial charge in [-0.25, -0.2) is 8.42 Å². The van der Waals surface area contributed by atoms with Crippen LogP contribution in [0, 0.1) is 11.3 Å². The summed E-state index contributed by atoms with van der Waals surface area (Å²) in [6.45, 7) is 1.44. The van der Waals surface area contributed by atoms with Crippen molar-refractivity contribution in [2.24, 2.45) is 0 Å². The van der Waals surface area contributed by atoms with Crippen molar-refractivity contribution in [3.05, 3.63) is 0 Å². The lowest BCUT2D eigenvalue weighted by Gasteiger charge is -2.14. The Morgan fingerprint density at radius 3 is 2.24 bits per heavy atom. The first-order chi connectivity index (χ1) is 7.74. The van der Waals surface area contributed by atoms with Gasteiger partial charge in [0.25, 0.3) is 0 Å². The summed E-state index contributed by atoms with van der Waals surface area (Å²) in [5.74, 6) is -3.06. The molecule has 96 valence electrons. The van der Waals surface area contributed by atoms with Crippen LogP contribution in [0.25, 0.3) is 0 Å². The minimum Gasteiger partial charge on any atom is -0.481 e. The number of nitrogens with one attached hydrogen (secondary N) is 1. The van der Waals surface area contributed by atoms with E-state index in [0.717, 1.165) is 0 Å². The molecule has 2 atom stereocenters. The summed E-state index contributed by atoms with van der Waals surface area (Å²) in [6.07, 6.45) is -0.915. The highest BCUT2D eigenvalue weighted by Gasteiger charge is 2.31. The van der Waals surface area contributed by atoms with E-state index in [2.05, 4.69) is 0 Å². The number of rotatable bonds is 7. The van der Waals surface area contributed by atoms with Crippen LogP contribution >= 0.6 is 0 Å². The molecular weight excluding hydrogens is 252 g/mol. The van der Waals surface area contributed by atoms with Crippen LogP contribution in [0.4, 0.5) is 0 Å². The maximum absolute atomic E-state index is 11.5. The maximum Gasteiger partial charge on any atom is 0.322 e. The van der Waals surface area contributed by atoms with E-state index in [9.17, 15) is 18.0 Å². The summed E-state index contributed by atoms with van der Waals surface area (Å²) in [7, 11) is -4.17. The Morgan fingerprint density at radius 1 is 1.41 bits per heavy atom. The lowest BCUT2D eigenvalue weighted by Crippen LogP contribution is -2.45. The van der Waals surface area contributed by atoms with Crippen molar-refractivity contribution in [3.63, 3.8) is 0 Å². The minimum atomic E-state index is -4.17. The monoisotopic (exact) mass is 264 g/mol. The third-order valence-corrected chi connectivity index (χ3v) is 3.67. The molecule has 0 amide bonds. The van der Waals surface area contributed by atoms with Crippen molar-refractivity contribution < 1.29 is 28.2 Å². The highest BCUT2D eigenvalue weighted by atomic mass is 32.2. The molecule has 0 aromatic heterocycles. The number of aliphatic carboxylic acids is 2. The van der Waals surface area contributed by atoms with E-state index in [1.165, 1.54) is 13.0 Å². The van der Waals surface area contributed by atoms with Gasteiger partial charge in [-0.15, -0.1) is 0 Å². The Kier molecular flexibility index (Phi) is 5.57. The Morgan fingerprint density at radius 2 is 1.94 bits per heavy atom. The van der Waals surface area contributed by atoms with Crippen LogP contribution in [0.3, 0.4) is 0 Å². The van der Waals surface area contributed by atoms with Crippen LogP contribution < -0.4 is 4.72 Å². The Hall–Kier alpha value is -1.66. The zero-order valence-electron chi connectivity index (χ0n) is 8.95. The van der Waals surface area contributed by atoms with Crippen LogP contribution in [-0.2, 0) is 19.6 Å². The third-order valence-electron chi connectivity index (χ3n) is 1.87. The second kappa shape index (κ2) is 6.17. The Balaban J connectivity index is 4.94. The molecule has 3 N–H and O–H groups in total. The largest absolute Gasteiger partial charge is 0.481 e. The molecule has 1 unspecified atom stereocenters. The molecule has 0 heterocycles. The Labute approximate surface area is 97.9 Å². The topological polar surface area (TPSA) is 145 Å². The van der Waals surface area contributed by atoms with Gasteiger partial charge in [0.2, 0.25) is 10.0 Å². The maximum atomic E-state index is 11.5. The van der Waals surface area contributed by atoms with Crippen molar-refractivity contribution in [3.8, 4) is 6.07 Å². The fourth-order valence-electron chi connectivity index (χ4n) is 1.01. The molecule has 0 aromatic carbocycles. The van der Waals surface area contributed by atoms with Gasteiger partial charge in [-0.1, -0.05) is 6.92 Å². The van der Waals surface area contributed by atoms with Crippen LogP contribution in [0.5, 0.6) is 0 Å². The summed E-state index contributed by atoms with van der Waals surface area (Å²) in [4.78, 5) is 21.0. The summed E-state index contributed by atoms with van der Waals surface area (Å²) in [6, 6.07) is -0.279. The van der Waals surface area contributed by atoms with Crippen molar-refractivity contribution in [2.75, 3.05) is 0 Å². The first-order valence-electron chi connectivity index (χ1n) is 4.60. The van der Waals surface area contributed by atoms with Crippen molar-refractivity contribution in [1.82, 2.24) is 4.72 Å². The van der Waals surface area contributed by atoms with Crippen LogP contribution in [0.15, 0.2) is 0 Å². The average Bonchev–Trinajstić information content (AvgIpc) is 2.16. The normalized spacial score (nSPS) is 14.6. The van der Waals surface area contributed by atoms with E-state index in [0.29, 0.717) is 0 Å². The van der Waals surface area contributed by atoms with Crippen LogP contribution in [-0.4, -0.2) is 41.9 Å². The highest BCUT2D eigenvalue weighted by Crippen LogP contribution is 2.05. The molecule has 0 aliphatic rings. The smallest absolute Gasteiger partial charge is 0.322 e. The lowest BCUT2D eigenvalue weighted by atomic mass is 10.2. The number of carboxylic acid groups (broad SMARTS) is 2. The summed E-state index contributed by atoms with van der Waals surface area (Å²) in [5.41, 5.74) is 0. The fraction of sp³-hybridized carbons (Fsp3) is 0.625. The number of hydrogen-bond acceptors (Lipinski definition) is 5. The van der Waals surface area contributed by atoms with Gasteiger partial charge < -0.3 is 10.2 Å². The van der Waals surface area contributed by atoms with Gasteiger partial charge in [0, 0.05) is 0 Å². The van der Waals surface area contributed by atoms with Gasteiger partial charge >= 0.3 is 11.9 Å². The molecule has 0 aliphatic carbocycles.